The maximum absolute atomic E-state index is 14.3. The van der Waals surface area contributed by atoms with Crippen LogP contribution in [0.15, 0.2) is 12.3 Å². The Bertz CT molecular complexity index is 469. The molecule has 0 aromatic carbocycles. The Hall–Kier alpha value is -0.870. The molecule has 1 aromatic heterocycles. The zero-order chi connectivity index (χ0) is 14.7. The van der Waals surface area contributed by atoms with E-state index in [1.807, 2.05) is 0 Å². The van der Waals surface area contributed by atoms with Gasteiger partial charge < -0.3 is 9.80 Å². The largest absolute Gasteiger partial charge is 0.354 e. The summed E-state index contributed by atoms with van der Waals surface area (Å²) >= 11 is 5.77. The third-order valence-corrected chi connectivity index (χ3v) is 5.05. The quantitative estimate of drug-likeness (QED) is 0.797. The highest BCUT2D eigenvalue weighted by Crippen LogP contribution is 2.26. The molecule has 3 rings (SSSR count). The smallest absolute Gasteiger partial charge is 0.170 e. The Morgan fingerprint density at radius 3 is 2.52 bits per heavy atom. The van der Waals surface area contributed by atoms with Crippen molar-refractivity contribution in [3.8, 4) is 0 Å². The standard InChI is InChI=1S/C16H23ClFN3/c17-12-13-4-7-19-16(15(13)18)21-10-5-14(6-11-21)20-8-2-1-3-9-20/h4,7,14H,1-3,5-6,8-12H2. The Balaban J connectivity index is 1.63. The van der Waals surface area contributed by atoms with Crippen LogP contribution in [0.5, 0.6) is 0 Å². The van der Waals surface area contributed by atoms with Crippen molar-refractivity contribution in [2.24, 2.45) is 0 Å². The molecule has 1 aromatic rings. The molecule has 0 aliphatic carbocycles. The second-order valence-electron chi connectivity index (χ2n) is 6.06. The van der Waals surface area contributed by atoms with Gasteiger partial charge in [-0.1, -0.05) is 6.42 Å². The van der Waals surface area contributed by atoms with Gasteiger partial charge in [-0.15, -0.1) is 11.6 Å². The number of anilines is 1. The molecule has 0 unspecified atom stereocenters. The number of hydrogen-bond donors (Lipinski definition) is 0. The molecular formula is C16H23ClFN3. The van der Waals surface area contributed by atoms with Crippen molar-refractivity contribution in [2.45, 2.75) is 44.0 Å². The number of halogens is 2. The Morgan fingerprint density at radius 2 is 1.86 bits per heavy atom. The monoisotopic (exact) mass is 311 g/mol. The second kappa shape index (κ2) is 6.93. The van der Waals surface area contributed by atoms with Gasteiger partial charge in [-0.3, -0.25) is 0 Å². The van der Waals surface area contributed by atoms with Crippen molar-refractivity contribution >= 4 is 17.4 Å². The van der Waals surface area contributed by atoms with Crippen LogP contribution >= 0.6 is 11.6 Å². The molecular weight excluding hydrogens is 289 g/mol. The van der Waals surface area contributed by atoms with Gasteiger partial charge >= 0.3 is 0 Å². The van der Waals surface area contributed by atoms with Crippen molar-refractivity contribution in [3.63, 3.8) is 0 Å². The summed E-state index contributed by atoms with van der Waals surface area (Å²) in [4.78, 5) is 8.93. The van der Waals surface area contributed by atoms with Crippen LogP contribution in [0.3, 0.4) is 0 Å². The lowest BCUT2D eigenvalue weighted by atomic mass is 10.00. The first kappa shape index (κ1) is 15.0. The molecule has 0 spiro atoms. The predicted molar refractivity (Wildman–Crippen MR) is 84.4 cm³/mol. The first-order valence-electron chi connectivity index (χ1n) is 7.98. The van der Waals surface area contributed by atoms with E-state index >= 15 is 0 Å². The summed E-state index contributed by atoms with van der Waals surface area (Å²) in [5, 5.41) is 0. The number of nitrogens with zero attached hydrogens (tertiary/aromatic N) is 3. The van der Waals surface area contributed by atoms with Crippen LogP contribution in [0.4, 0.5) is 10.2 Å². The van der Waals surface area contributed by atoms with E-state index < -0.39 is 0 Å². The van der Waals surface area contributed by atoms with Gasteiger partial charge in [-0.25, -0.2) is 9.37 Å². The van der Waals surface area contributed by atoms with Gasteiger partial charge in [-0.05, 0) is 44.8 Å². The van der Waals surface area contributed by atoms with Gasteiger partial charge in [0.05, 0.1) is 5.88 Å². The van der Waals surface area contributed by atoms with Gasteiger partial charge in [0.15, 0.2) is 11.6 Å². The zero-order valence-corrected chi connectivity index (χ0v) is 13.2. The lowest BCUT2D eigenvalue weighted by Gasteiger charge is -2.40. The van der Waals surface area contributed by atoms with Crippen molar-refractivity contribution in [1.29, 1.82) is 0 Å². The fourth-order valence-corrected chi connectivity index (χ4v) is 3.73. The fourth-order valence-electron chi connectivity index (χ4n) is 3.52. The molecule has 2 aliphatic rings. The van der Waals surface area contributed by atoms with Gasteiger partial charge in [0, 0.05) is 30.9 Å². The van der Waals surface area contributed by atoms with Gasteiger partial charge in [0.1, 0.15) is 0 Å². The lowest BCUT2D eigenvalue weighted by Crippen LogP contribution is -2.47. The van der Waals surface area contributed by atoms with Crippen LogP contribution in [0.25, 0.3) is 0 Å². The maximum atomic E-state index is 14.3. The highest BCUT2D eigenvalue weighted by atomic mass is 35.5. The Labute approximate surface area is 131 Å². The van der Waals surface area contributed by atoms with Crippen LogP contribution in [0.1, 0.15) is 37.7 Å². The first-order chi connectivity index (χ1) is 10.3. The number of likely N-dealkylation sites (tertiary alicyclic amines) is 1. The topological polar surface area (TPSA) is 19.4 Å². The molecule has 0 saturated carbocycles. The van der Waals surface area contributed by atoms with E-state index in [-0.39, 0.29) is 11.7 Å². The summed E-state index contributed by atoms with van der Waals surface area (Å²) < 4.78 is 14.3. The Morgan fingerprint density at radius 1 is 1.14 bits per heavy atom. The van der Waals surface area contributed by atoms with Crippen LogP contribution in [-0.2, 0) is 5.88 Å². The van der Waals surface area contributed by atoms with E-state index in [4.69, 9.17) is 11.6 Å². The first-order valence-corrected chi connectivity index (χ1v) is 8.51. The lowest BCUT2D eigenvalue weighted by molar-refractivity contribution is 0.141. The predicted octanol–water partition coefficient (Wildman–Crippen LogP) is 3.41. The molecule has 0 bridgehead atoms. The van der Waals surface area contributed by atoms with E-state index in [0.717, 1.165) is 25.9 Å². The molecule has 21 heavy (non-hydrogen) atoms. The van der Waals surface area contributed by atoms with E-state index in [9.17, 15) is 4.39 Å². The average molecular weight is 312 g/mol. The molecule has 2 aliphatic heterocycles. The van der Waals surface area contributed by atoms with Crippen LogP contribution in [0.2, 0.25) is 0 Å². The van der Waals surface area contributed by atoms with Gasteiger partial charge in [0.25, 0.3) is 0 Å². The highest BCUT2D eigenvalue weighted by molar-refractivity contribution is 6.17. The SMILES string of the molecule is Fc1c(CCl)ccnc1N1CCC(N2CCCCC2)CC1. The summed E-state index contributed by atoms with van der Waals surface area (Å²) in [5.74, 6) is 0.431. The molecule has 0 amide bonds. The minimum Gasteiger partial charge on any atom is -0.354 e. The molecule has 0 atom stereocenters. The number of pyridine rings is 1. The second-order valence-corrected chi connectivity index (χ2v) is 6.32. The average Bonchev–Trinajstić information content (AvgIpc) is 2.56. The van der Waals surface area contributed by atoms with Crippen LogP contribution in [-0.4, -0.2) is 42.1 Å². The molecule has 2 saturated heterocycles. The summed E-state index contributed by atoms with van der Waals surface area (Å²) in [6.45, 7) is 4.24. The molecule has 116 valence electrons. The Kier molecular flexibility index (Phi) is 4.96. The molecule has 0 radical (unpaired) electrons. The van der Waals surface area contributed by atoms with Gasteiger partial charge in [0.2, 0.25) is 0 Å². The van der Waals surface area contributed by atoms with E-state index in [1.165, 1.54) is 32.4 Å². The third kappa shape index (κ3) is 3.32. The normalized spacial score (nSPS) is 21.7. The molecule has 0 N–H and O–H groups in total. The maximum Gasteiger partial charge on any atom is 0.170 e. The van der Waals surface area contributed by atoms with Crippen molar-refractivity contribution in [1.82, 2.24) is 9.88 Å². The van der Waals surface area contributed by atoms with Crippen molar-refractivity contribution < 1.29 is 4.39 Å². The summed E-state index contributed by atoms with van der Waals surface area (Å²) in [7, 11) is 0. The van der Waals surface area contributed by atoms with E-state index in [2.05, 4.69) is 14.8 Å². The number of hydrogen-bond acceptors (Lipinski definition) is 3. The molecule has 5 heteroatoms. The van der Waals surface area contributed by atoms with Gasteiger partial charge in [-0.2, -0.15) is 0 Å². The minimum absolute atomic E-state index is 0.200. The number of aromatic nitrogens is 1. The van der Waals surface area contributed by atoms with Crippen LogP contribution in [0, 0.1) is 5.82 Å². The molecule has 2 fully saturated rings. The highest BCUT2D eigenvalue weighted by Gasteiger charge is 2.27. The fraction of sp³-hybridized carbons (Fsp3) is 0.688. The number of rotatable bonds is 3. The van der Waals surface area contributed by atoms with E-state index in [0.29, 0.717) is 17.4 Å². The van der Waals surface area contributed by atoms with Crippen LogP contribution < -0.4 is 4.90 Å². The number of piperidine rings is 2. The van der Waals surface area contributed by atoms with Crippen molar-refractivity contribution in [2.75, 3.05) is 31.1 Å². The summed E-state index contributed by atoms with van der Waals surface area (Å²) in [6.07, 6.45) is 7.89. The van der Waals surface area contributed by atoms with Crippen molar-refractivity contribution in [3.05, 3.63) is 23.6 Å². The summed E-state index contributed by atoms with van der Waals surface area (Å²) in [5.41, 5.74) is 0.542. The summed E-state index contributed by atoms with van der Waals surface area (Å²) in [6, 6.07) is 2.33. The minimum atomic E-state index is -0.246. The zero-order valence-electron chi connectivity index (χ0n) is 12.4. The number of alkyl halides is 1. The molecule has 3 nitrogen and oxygen atoms in total. The third-order valence-electron chi connectivity index (χ3n) is 4.77. The molecule has 3 heterocycles. The van der Waals surface area contributed by atoms with E-state index in [1.54, 1.807) is 12.3 Å².